The minimum Gasteiger partial charge on any atom is -0.467 e. The molecule has 26 heavy (non-hydrogen) atoms. The number of halogens is 1. The van der Waals surface area contributed by atoms with E-state index in [2.05, 4.69) is 15.2 Å². The van der Waals surface area contributed by atoms with Crippen LogP contribution in [0.25, 0.3) is 10.9 Å². The fourth-order valence-electron chi connectivity index (χ4n) is 2.50. The smallest absolute Gasteiger partial charge is 0.262 e. The predicted octanol–water partition coefficient (Wildman–Crippen LogP) is 3.67. The van der Waals surface area contributed by atoms with E-state index in [0.717, 1.165) is 0 Å². The van der Waals surface area contributed by atoms with Gasteiger partial charge in [0.05, 0.1) is 29.5 Å². The maximum Gasteiger partial charge on any atom is 0.262 e. The molecule has 132 valence electrons. The molecule has 0 amide bonds. The van der Waals surface area contributed by atoms with E-state index in [-0.39, 0.29) is 12.1 Å². The average Bonchev–Trinajstić information content (AvgIpc) is 3.27. The number of nitrogens with zero attached hydrogens (tertiary/aromatic N) is 4. The summed E-state index contributed by atoms with van der Waals surface area (Å²) in [4.78, 5) is 17.6. The number of thioether (sulfide) groups is 1. The van der Waals surface area contributed by atoms with Crippen molar-refractivity contribution in [2.75, 3.05) is 0 Å². The summed E-state index contributed by atoms with van der Waals surface area (Å²) in [6.45, 7) is 2.01. The van der Waals surface area contributed by atoms with E-state index in [4.69, 9.17) is 20.4 Å². The van der Waals surface area contributed by atoms with Crippen LogP contribution in [0.2, 0.25) is 5.02 Å². The number of rotatable bonds is 5. The molecule has 9 heteroatoms. The Bertz CT molecular complexity index is 1120. The molecule has 3 heterocycles. The molecule has 0 radical (unpaired) electrons. The highest BCUT2D eigenvalue weighted by Gasteiger charge is 2.15. The molecule has 4 aromatic rings. The number of fused-ring (bicyclic) bond motifs is 1. The second-order valence-corrected chi connectivity index (χ2v) is 6.91. The van der Waals surface area contributed by atoms with Crippen molar-refractivity contribution in [2.24, 2.45) is 0 Å². The highest BCUT2D eigenvalue weighted by atomic mass is 35.5. The van der Waals surface area contributed by atoms with Gasteiger partial charge in [-0.05, 0) is 30.3 Å². The van der Waals surface area contributed by atoms with Gasteiger partial charge in [-0.15, -0.1) is 10.2 Å². The molecule has 0 spiro atoms. The van der Waals surface area contributed by atoms with Gasteiger partial charge in [-0.2, -0.15) is 0 Å². The lowest BCUT2D eigenvalue weighted by Gasteiger charge is -2.11. The first-order valence-corrected chi connectivity index (χ1v) is 9.11. The van der Waals surface area contributed by atoms with Crippen LogP contribution >= 0.6 is 23.4 Å². The van der Waals surface area contributed by atoms with Crippen molar-refractivity contribution in [3.63, 3.8) is 0 Å². The van der Waals surface area contributed by atoms with Gasteiger partial charge in [-0.3, -0.25) is 9.36 Å². The number of aryl methyl sites for hydroxylation is 1. The first-order valence-electron chi connectivity index (χ1n) is 7.74. The SMILES string of the molecule is Cc1nnc(CSc2nc3cc(Cl)ccc3c(=O)n2Cc2ccco2)o1. The summed E-state index contributed by atoms with van der Waals surface area (Å²) in [5, 5.41) is 9.33. The van der Waals surface area contributed by atoms with E-state index in [1.807, 2.05) is 6.07 Å². The summed E-state index contributed by atoms with van der Waals surface area (Å²) < 4.78 is 12.3. The summed E-state index contributed by atoms with van der Waals surface area (Å²) in [5.74, 6) is 2.03. The molecule has 0 fully saturated rings. The Morgan fingerprint density at radius 2 is 2.15 bits per heavy atom. The van der Waals surface area contributed by atoms with E-state index in [1.54, 1.807) is 42.0 Å². The number of aromatic nitrogens is 4. The minimum absolute atomic E-state index is 0.160. The van der Waals surface area contributed by atoms with Crippen molar-refractivity contribution in [1.29, 1.82) is 0 Å². The zero-order valence-electron chi connectivity index (χ0n) is 13.7. The Labute approximate surface area is 157 Å². The van der Waals surface area contributed by atoms with Gasteiger partial charge in [-0.1, -0.05) is 23.4 Å². The summed E-state index contributed by atoms with van der Waals surface area (Å²) in [6.07, 6.45) is 1.57. The van der Waals surface area contributed by atoms with Gasteiger partial charge in [0, 0.05) is 11.9 Å². The van der Waals surface area contributed by atoms with Crippen molar-refractivity contribution in [1.82, 2.24) is 19.7 Å². The van der Waals surface area contributed by atoms with E-state index < -0.39 is 0 Å². The fraction of sp³-hybridized carbons (Fsp3) is 0.176. The molecule has 3 aromatic heterocycles. The number of furan rings is 1. The largest absolute Gasteiger partial charge is 0.467 e. The van der Waals surface area contributed by atoms with Crippen molar-refractivity contribution < 1.29 is 8.83 Å². The van der Waals surface area contributed by atoms with Crippen LogP contribution < -0.4 is 5.56 Å². The Hall–Kier alpha value is -2.58. The number of hydrogen-bond donors (Lipinski definition) is 0. The van der Waals surface area contributed by atoms with Gasteiger partial charge in [0.25, 0.3) is 5.56 Å². The molecule has 4 rings (SSSR count). The predicted molar refractivity (Wildman–Crippen MR) is 97.4 cm³/mol. The second-order valence-electron chi connectivity index (χ2n) is 5.53. The van der Waals surface area contributed by atoms with Gasteiger partial charge >= 0.3 is 0 Å². The second kappa shape index (κ2) is 6.97. The van der Waals surface area contributed by atoms with Crippen LogP contribution in [0.15, 0.2) is 55.4 Å². The number of hydrogen-bond acceptors (Lipinski definition) is 7. The van der Waals surface area contributed by atoms with Crippen molar-refractivity contribution in [3.8, 4) is 0 Å². The molecule has 0 bridgehead atoms. The van der Waals surface area contributed by atoms with E-state index in [0.29, 0.717) is 44.4 Å². The summed E-state index contributed by atoms with van der Waals surface area (Å²) in [5.41, 5.74) is 0.384. The van der Waals surface area contributed by atoms with Crippen LogP contribution in [-0.2, 0) is 12.3 Å². The summed E-state index contributed by atoms with van der Waals surface area (Å²) in [6, 6.07) is 8.63. The maximum atomic E-state index is 13.0. The van der Waals surface area contributed by atoms with Gasteiger partial charge in [0.15, 0.2) is 5.16 Å². The van der Waals surface area contributed by atoms with Gasteiger partial charge < -0.3 is 8.83 Å². The van der Waals surface area contributed by atoms with Crippen LogP contribution in [0, 0.1) is 6.92 Å². The summed E-state index contributed by atoms with van der Waals surface area (Å²) >= 11 is 7.39. The molecule has 0 aliphatic rings. The first-order chi connectivity index (χ1) is 12.6. The molecule has 0 saturated carbocycles. The molecular weight excluding hydrogens is 376 g/mol. The summed E-state index contributed by atoms with van der Waals surface area (Å²) in [7, 11) is 0. The Balaban J connectivity index is 1.77. The lowest BCUT2D eigenvalue weighted by atomic mass is 10.2. The third-order valence-electron chi connectivity index (χ3n) is 3.67. The van der Waals surface area contributed by atoms with Gasteiger partial charge in [0.2, 0.25) is 11.8 Å². The first kappa shape index (κ1) is 16.9. The molecule has 7 nitrogen and oxygen atoms in total. The van der Waals surface area contributed by atoms with Crippen LogP contribution in [0.4, 0.5) is 0 Å². The van der Waals surface area contributed by atoms with Crippen molar-refractivity contribution in [3.05, 3.63) is 69.5 Å². The third kappa shape index (κ3) is 3.38. The Morgan fingerprint density at radius 1 is 1.27 bits per heavy atom. The molecule has 0 atom stereocenters. The fourth-order valence-corrected chi connectivity index (χ4v) is 3.51. The monoisotopic (exact) mass is 388 g/mol. The molecule has 0 saturated heterocycles. The zero-order chi connectivity index (χ0) is 18.1. The molecule has 0 unspecified atom stereocenters. The zero-order valence-corrected chi connectivity index (χ0v) is 15.3. The topological polar surface area (TPSA) is 87.0 Å². The average molecular weight is 389 g/mol. The quantitative estimate of drug-likeness (QED) is 0.380. The molecule has 0 aliphatic heterocycles. The molecule has 0 aliphatic carbocycles. The van der Waals surface area contributed by atoms with E-state index in [1.165, 1.54) is 11.8 Å². The Morgan fingerprint density at radius 3 is 2.88 bits per heavy atom. The van der Waals surface area contributed by atoms with Crippen LogP contribution in [0.3, 0.4) is 0 Å². The molecular formula is C17H13ClN4O3S. The van der Waals surface area contributed by atoms with Gasteiger partial charge in [0.1, 0.15) is 5.76 Å². The minimum atomic E-state index is -0.160. The maximum absolute atomic E-state index is 13.0. The standard InChI is InChI=1S/C17H13ClN4O3S/c1-10-20-21-15(25-10)9-26-17-19-14-7-11(18)4-5-13(14)16(23)22(17)8-12-3-2-6-24-12/h2-7H,8-9H2,1H3. The molecule has 0 N–H and O–H groups in total. The van der Waals surface area contributed by atoms with E-state index >= 15 is 0 Å². The number of benzene rings is 1. The van der Waals surface area contributed by atoms with E-state index in [9.17, 15) is 4.79 Å². The highest BCUT2D eigenvalue weighted by Crippen LogP contribution is 2.24. The normalized spacial score (nSPS) is 11.3. The Kier molecular flexibility index (Phi) is 4.52. The lowest BCUT2D eigenvalue weighted by Crippen LogP contribution is -2.23. The highest BCUT2D eigenvalue weighted by molar-refractivity contribution is 7.98. The van der Waals surface area contributed by atoms with Crippen LogP contribution in [0.1, 0.15) is 17.5 Å². The van der Waals surface area contributed by atoms with Crippen LogP contribution in [0.5, 0.6) is 0 Å². The molecule has 1 aromatic carbocycles. The van der Waals surface area contributed by atoms with Crippen molar-refractivity contribution in [2.45, 2.75) is 24.4 Å². The van der Waals surface area contributed by atoms with Crippen molar-refractivity contribution >= 4 is 34.3 Å². The third-order valence-corrected chi connectivity index (χ3v) is 4.87. The van der Waals surface area contributed by atoms with Crippen LogP contribution in [-0.4, -0.2) is 19.7 Å². The lowest BCUT2D eigenvalue weighted by molar-refractivity contribution is 0.475. The van der Waals surface area contributed by atoms with Gasteiger partial charge in [-0.25, -0.2) is 4.98 Å².